The third-order valence-corrected chi connectivity index (χ3v) is 11.3. The van der Waals surface area contributed by atoms with Crippen molar-refractivity contribution in [2.75, 3.05) is 50.6 Å². The average molecular weight is 661 g/mol. The third-order valence-electron chi connectivity index (χ3n) is 8.76. The highest BCUT2D eigenvalue weighted by atomic mass is 32.2. The topological polar surface area (TPSA) is 136 Å². The molecule has 5 aromatic rings. The number of hydrogen-bond donors (Lipinski definition) is 1. The van der Waals surface area contributed by atoms with Crippen LogP contribution in [0.25, 0.3) is 28.2 Å². The Hall–Kier alpha value is -4.05. The number of sulfonamides is 1. The average Bonchev–Trinajstić information content (AvgIpc) is 3.69. The molecule has 0 bridgehead atoms. The molecule has 2 saturated heterocycles. The Morgan fingerprint density at radius 3 is 2.48 bits per heavy atom. The number of imidazole rings is 1. The maximum atomic E-state index is 14.4. The second kappa shape index (κ2) is 12.3. The van der Waals surface area contributed by atoms with Crippen molar-refractivity contribution in [1.82, 2.24) is 43.1 Å². The van der Waals surface area contributed by atoms with E-state index < -0.39 is 10.0 Å². The van der Waals surface area contributed by atoms with Gasteiger partial charge in [-0.05, 0) is 43.7 Å². The lowest BCUT2D eigenvalue weighted by Crippen LogP contribution is -2.40. The Morgan fingerprint density at radius 2 is 1.78 bits per heavy atom. The van der Waals surface area contributed by atoms with E-state index in [0.717, 1.165) is 30.3 Å². The molecule has 2 fully saturated rings. The van der Waals surface area contributed by atoms with E-state index in [1.54, 1.807) is 40.1 Å². The Morgan fingerprint density at radius 1 is 1.00 bits per heavy atom. The van der Waals surface area contributed by atoms with Gasteiger partial charge in [-0.3, -0.25) is 18.6 Å². The first-order valence-electron chi connectivity index (χ1n) is 15.2. The van der Waals surface area contributed by atoms with Crippen LogP contribution in [0.5, 0.6) is 0 Å². The van der Waals surface area contributed by atoms with E-state index in [1.807, 2.05) is 41.6 Å². The first-order valence-corrected chi connectivity index (χ1v) is 18.1. The van der Waals surface area contributed by atoms with Gasteiger partial charge in [-0.25, -0.2) is 22.7 Å². The van der Waals surface area contributed by atoms with Crippen molar-refractivity contribution in [2.45, 2.75) is 24.1 Å². The molecule has 2 aliphatic heterocycles. The molecule has 2 aliphatic rings. The summed E-state index contributed by atoms with van der Waals surface area (Å²) >= 11 is 1.98. The first-order chi connectivity index (χ1) is 22.2. The number of piperidine rings is 1. The van der Waals surface area contributed by atoms with Crippen LogP contribution < -0.4 is 10.9 Å². The molecule has 4 aromatic heterocycles. The molecule has 6 heterocycles. The molecule has 0 radical (unpaired) electrons. The van der Waals surface area contributed by atoms with Crippen molar-refractivity contribution < 1.29 is 8.42 Å². The van der Waals surface area contributed by atoms with Crippen LogP contribution >= 0.6 is 11.8 Å². The summed E-state index contributed by atoms with van der Waals surface area (Å²) in [5.41, 5.74) is 2.77. The molecule has 240 valence electrons. The van der Waals surface area contributed by atoms with E-state index in [9.17, 15) is 13.2 Å². The molecule has 0 aliphatic carbocycles. The number of rotatable bonds is 7. The van der Waals surface area contributed by atoms with Crippen molar-refractivity contribution in [3.63, 3.8) is 0 Å². The van der Waals surface area contributed by atoms with Crippen molar-refractivity contribution >= 4 is 44.5 Å². The summed E-state index contributed by atoms with van der Waals surface area (Å²) in [4.78, 5) is 30.8. The monoisotopic (exact) mass is 660 g/mol. The van der Waals surface area contributed by atoms with Crippen LogP contribution in [0.15, 0.2) is 66.0 Å². The van der Waals surface area contributed by atoms with Crippen LogP contribution in [0, 0.1) is 0 Å². The van der Waals surface area contributed by atoms with Gasteiger partial charge in [0.25, 0.3) is 5.56 Å². The van der Waals surface area contributed by atoms with Crippen molar-refractivity contribution in [3.8, 4) is 17.2 Å². The van der Waals surface area contributed by atoms with Gasteiger partial charge in [0, 0.05) is 86.0 Å². The Bertz CT molecular complexity index is 2050. The third kappa shape index (κ3) is 5.95. The molecule has 0 saturated carbocycles. The first kappa shape index (κ1) is 30.6. The number of fused-ring (bicyclic) bond motifs is 1. The van der Waals surface area contributed by atoms with E-state index >= 15 is 0 Å². The number of nitrogens with zero attached hydrogens (tertiary/aromatic N) is 9. The normalized spacial score (nSPS) is 18.7. The van der Waals surface area contributed by atoms with E-state index in [1.165, 1.54) is 16.1 Å². The highest BCUT2D eigenvalue weighted by molar-refractivity contribution is 7.99. The second-order valence-electron chi connectivity index (χ2n) is 11.9. The summed E-state index contributed by atoms with van der Waals surface area (Å²) in [7, 11) is 0.657. The maximum Gasteiger partial charge on any atom is 0.263 e. The molecule has 0 spiro atoms. The molecular weight excluding hydrogens is 625 g/mol. The zero-order valence-corrected chi connectivity index (χ0v) is 27.6. The summed E-state index contributed by atoms with van der Waals surface area (Å²) in [6, 6.07) is 11.7. The summed E-state index contributed by atoms with van der Waals surface area (Å²) in [6.45, 7) is 2.78. The minimum Gasteiger partial charge on any atom is -0.324 e. The fourth-order valence-electron chi connectivity index (χ4n) is 6.29. The van der Waals surface area contributed by atoms with Gasteiger partial charge in [0.1, 0.15) is 11.5 Å². The molecule has 1 aromatic carbocycles. The highest BCUT2D eigenvalue weighted by Gasteiger charge is 2.29. The molecule has 1 N–H and O–H groups in total. The number of likely N-dealkylation sites (N-methyl/N-ethyl adjacent to an activating group) is 1. The van der Waals surface area contributed by atoms with Gasteiger partial charge in [-0.15, -0.1) is 0 Å². The van der Waals surface area contributed by atoms with Crippen LogP contribution in [0.2, 0.25) is 0 Å². The van der Waals surface area contributed by atoms with Crippen LogP contribution in [0.4, 0.5) is 11.6 Å². The quantitative estimate of drug-likeness (QED) is 0.277. The lowest BCUT2D eigenvalue weighted by molar-refractivity contribution is 0.275. The van der Waals surface area contributed by atoms with Gasteiger partial charge < -0.3 is 10.2 Å². The molecular formula is C31H36N10O3S2. The molecule has 13 nitrogen and oxygen atoms in total. The Labute approximate surface area is 271 Å². The Kier molecular flexibility index (Phi) is 8.17. The summed E-state index contributed by atoms with van der Waals surface area (Å²) in [5, 5.41) is 8.71. The van der Waals surface area contributed by atoms with Crippen molar-refractivity contribution in [1.29, 1.82) is 0 Å². The van der Waals surface area contributed by atoms with Crippen LogP contribution in [-0.2, 0) is 17.1 Å². The SMILES string of the molecule is CN1CCSC(c2ccc(Nc3ncc4cc(-c5nccn5-c5ccnn5C)c(=O)n(C5CCN(S(C)(=O)=O)CC5)c4n3)cc2)C1. The summed E-state index contributed by atoms with van der Waals surface area (Å²) in [6.07, 6.45) is 9.03. The zero-order valence-electron chi connectivity index (χ0n) is 25.9. The van der Waals surface area contributed by atoms with Gasteiger partial charge in [-0.1, -0.05) is 12.1 Å². The summed E-state index contributed by atoms with van der Waals surface area (Å²) < 4.78 is 31.2. The van der Waals surface area contributed by atoms with Gasteiger partial charge in [0.15, 0.2) is 5.82 Å². The number of hydrogen-bond acceptors (Lipinski definition) is 10. The standard InChI is InChI=1S/C31H36N10O3S2/c1-37-16-17-45-26(20-37)21-4-6-23(7-5-21)35-31-33-19-22-18-25(29-32-12-15-40(29)27-8-11-34-38(27)2)30(42)41(28(22)36-31)24-9-13-39(14-10-24)46(3,43)44/h4-8,11-12,15,18-19,24,26H,9-10,13-14,16-17,20H2,1-3H3,(H,33,35,36). The number of aryl methyl sites for hydroxylation is 1. The second-order valence-corrected chi connectivity index (χ2v) is 15.2. The van der Waals surface area contributed by atoms with Crippen LogP contribution in [0.1, 0.15) is 29.7 Å². The van der Waals surface area contributed by atoms with E-state index in [2.05, 4.69) is 44.5 Å². The lowest BCUT2D eigenvalue weighted by Gasteiger charge is -2.32. The van der Waals surface area contributed by atoms with Gasteiger partial charge in [0.2, 0.25) is 16.0 Å². The predicted molar refractivity (Wildman–Crippen MR) is 180 cm³/mol. The van der Waals surface area contributed by atoms with Gasteiger partial charge >= 0.3 is 0 Å². The predicted octanol–water partition coefficient (Wildman–Crippen LogP) is 3.44. The number of nitrogens with one attached hydrogen (secondary N) is 1. The largest absolute Gasteiger partial charge is 0.324 e. The van der Waals surface area contributed by atoms with Crippen LogP contribution in [0.3, 0.4) is 0 Å². The molecule has 15 heteroatoms. The fourth-order valence-corrected chi connectivity index (χ4v) is 8.58. The smallest absolute Gasteiger partial charge is 0.263 e. The minimum absolute atomic E-state index is 0.246. The maximum absolute atomic E-state index is 14.4. The van der Waals surface area contributed by atoms with Crippen molar-refractivity contribution in [3.05, 3.63) is 77.1 Å². The van der Waals surface area contributed by atoms with Gasteiger partial charge in [-0.2, -0.15) is 21.8 Å². The van der Waals surface area contributed by atoms with E-state index in [-0.39, 0.29) is 11.6 Å². The number of aromatic nitrogens is 7. The number of thioether (sulfide) groups is 1. The summed E-state index contributed by atoms with van der Waals surface area (Å²) in [5.74, 6) is 2.73. The zero-order chi connectivity index (χ0) is 32.0. The fraction of sp³-hybridized carbons (Fsp3) is 0.387. The minimum atomic E-state index is -3.33. The lowest BCUT2D eigenvalue weighted by atomic mass is 10.0. The van der Waals surface area contributed by atoms with Crippen molar-refractivity contribution in [2.24, 2.45) is 7.05 Å². The Balaban J connectivity index is 1.27. The molecule has 0 amide bonds. The molecule has 1 atom stereocenters. The number of benzene rings is 1. The number of anilines is 2. The van der Waals surface area contributed by atoms with E-state index in [0.29, 0.717) is 59.6 Å². The van der Waals surface area contributed by atoms with E-state index in [4.69, 9.17) is 4.98 Å². The van der Waals surface area contributed by atoms with Gasteiger partial charge in [0.05, 0.1) is 18.0 Å². The van der Waals surface area contributed by atoms with Crippen LogP contribution in [-0.4, -0.2) is 96.7 Å². The molecule has 1 unspecified atom stereocenters. The highest BCUT2D eigenvalue weighted by Crippen LogP contribution is 2.34. The molecule has 7 rings (SSSR count). The molecule has 46 heavy (non-hydrogen) atoms. The number of pyridine rings is 1.